The van der Waals surface area contributed by atoms with Gasteiger partial charge in [0, 0.05) is 22.2 Å². The molecule has 8 heteroatoms. The molecule has 3 aromatic heterocycles. The van der Waals surface area contributed by atoms with Crippen molar-refractivity contribution in [1.29, 1.82) is 0 Å². The number of carbonyl (C=O) groups is 1. The van der Waals surface area contributed by atoms with E-state index in [4.69, 9.17) is 4.74 Å². The van der Waals surface area contributed by atoms with Crippen LogP contribution >= 0.6 is 11.3 Å². The fraction of sp³-hybridized carbons (Fsp3) is 0.350. The number of thiophene rings is 1. The van der Waals surface area contributed by atoms with E-state index < -0.39 is 0 Å². The predicted molar refractivity (Wildman–Crippen MR) is 111 cm³/mol. The number of rotatable bonds is 9. The Labute approximate surface area is 166 Å². The summed E-state index contributed by atoms with van der Waals surface area (Å²) in [6, 6.07) is 8.03. The van der Waals surface area contributed by atoms with Gasteiger partial charge in [0.1, 0.15) is 0 Å². The van der Waals surface area contributed by atoms with Gasteiger partial charge >= 0.3 is 5.97 Å². The van der Waals surface area contributed by atoms with E-state index in [1.807, 2.05) is 23.7 Å². The second-order valence-corrected chi connectivity index (χ2v) is 7.56. The van der Waals surface area contributed by atoms with Crippen LogP contribution in [0.25, 0.3) is 21.8 Å². The summed E-state index contributed by atoms with van der Waals surface area (Å²) in [7, 11) is 0. The van der Waals surface area contributed by atoms with Crippen LogP contribution in [0.3, 0.4) is 0 Å². The molecular formula is C20H23N5O2S. The minimum absolute atomic E-state index is 0.314. The number of hydrogen-bond donors (Lipinski definition) is 2. The molecule has 0 radical (unpaired) electrons. The first-order chi connectivity index (χ1) is 13.8. The summed E-state index contributed by atoms with van der Waals surface area (Å²) in [5.74, 6) is -0.314. The van der Waals surface area contributed by atoms with Crippen LogP contribution in [-0.4, -0.2) is 45.6 Å². The van der Waals surface area contributed by atoms with Gasteiger partial charge in [0.05, 0.1) is 23.8 Å². The molecule has 2 N–H and O–H groups in total. The lowest BCUT2D eigenvalue weighted by Gasteiger charge is -2.09. The highest BCUT2D eigenvalue weighted by Crippen LogP contribution is 2.26. The van der Waals surface area contributed by atoms with Crippen LogP contribution in [0, 0.1) is 0 Å². The van der Waals surface area contributed by atoms with Crippen molar-refractivity contribution in [1.82, 2.24) is 25.3 Å². The lowest BCUT2D eigenvalue weighted by Crippen LogP contribution is -2.21. The zero-order valence-corrected chi connectivity index (χ0v) is 16.6. The SMILES string of the molecule is CCOC(=O)c1c2ccc3nncc3c2[nH]n1CCCNCCc1cccs1. The van der Waals surface area contributed by atoms with Gasteiger partial charge in [0.15, 0.2) is 5.69 Å². The van der Waals surface area contributed by atoms with Crippen LogP contribution in [0.4, 0.5) is 0 Å². The summed E-state index contributed by atoms with van der Waals surface area (Å²) in [6.45, 7) is 4.69. The van der Waals surface area contributed by atoms with E-state index in [-0.39, 0.29) is 5.97 Å². The molecule has 0 spiro atoms. The number of esters is 1. The Morgan fingerprint density at radius 3 is 3.04 bits per heavy atom. The normalized spacial score (nSPS) is 11.5. The van der Waals surface area contributed by atoms with Gasteiger partial charge in [0.25, 0.3) is 0 Å². The Morgan fingerprint density at radius 1 is 1.29 bits per heavy atom. The molecular weight excluding hydrogens is 374 g/mol. The topological polar surface area (TPSA) is 84.8 Å². The Kier molecular flexibility index (Phi) is 5.68. The third kappa shape index (κ3) is 3.79. The average molecular weight is 398 g/mol. The first-order valence-electron chi connectivity index (χ1n) is 9.50. The predicted octanol–water partition coefficient (Wildman–Crippen LogP) is 3.37. The third-order valence-corrected chi connectivity index (χ3v) is 5.62. The van der Waals surface area contributed by atoms with Crippen molar-refractivity contribution in [2.75, 3.05) is 19.7 Å². The number of aryl methyl sites for hydroxylation is 1. The second-order valence-electron chi connectivity index (χ2n) is 6.53. The number of H-pyrrole nitrogens is 1. The van der Waals surface area contributed by atoms with Gasteiger partial charge in [-0.05, 0) is 56.4 Å². The highest BCUT2D eigenvalue weighted by molar-refractivity contribution is 7.09. The van der Waals surface area contributed by atoms with E-state index in [1.165, 1.54) is 4.88 Å². The summed E-state index contributed by atoms with van der Waals surface area (Å²) in [4.78, 5) is 14.0. The number of fused-ring (bicyclic) bond motifs is 3. The molecule has 0 bridgehead atoms. The highest BCUT2D eigenvalue weighted by Gasteiger charge is 2.20. The maximum atomic E-state index is 12.6. The summed E-state index contributed by atoms with van der Waals surface area (Å²) in [6.07, 6.45) is 3.66. The molecule has 0 fully saturated rings. The van der Waals surface area contributed by atoms with E-state index in [0.717, 1.165) is 47.7 Å². The van der Waals surface area contributed by atoms with Crippen molar-refractivity contribution in [3.63, 3.8) is 0 Å². The molecule has 0 aliphatic carbocycles. The molecule has 146 valence electrons. The summed E-state index contributed by atoms with van der Waals surface area (Å²) in [5, 5.41) is 18.8. The largest absolute Gasteiger partial charge is 0.461 e. The molecule has 0 amide bonds. The fourth-order valence-electron chi connectivity index (χ4n) is 3.37. The molecule has 0 aliphatic heterocycles. The van der Waals surface area contributed by atoms with Crippen LogP contribution in [0.5, 0.6) is 0 Å². The standard InChI is InChI=1S/C20H23N5O2S/c1-2-27-20(26)19-15-6-7-17-16(13-22-23-17)18(15)24-25(19)11-4-9-21-10-8-14-5-3-12-28-14/h3,5-7,12-13,21,24H,2,4,8-11H2,1H3. The van der Waals surface area contributed by atoms with Gasteiger partial charge in [-0.25, -0.2) is 4.79 Å². The Balaban J connectivity index is 1.47. The first kappa shape index (κ1) is 18.6. The maximum absolute atomic E-state index is 12.6. The Hall–Kier alpha value is -2.71. The lowest BCUT2D eigenvalue weighted by molar-refractivity contribution is 0.0514. The van der Waals surface area contributed by atoms with Gasteiger partial charge in [-0.1, -0.05) is 6.07 Å². The summed E-state index contributed by atoms with van der Waals surface area (Å²) >= 11 is 1.79. The number of nitrogens with one attached hydrogen (secondary N) is 2. The molecule has 7 nitrogen and oxygen atoms in total. The number of nitrogens with zero attached hydrogens (tertiary/aromatic N) is 3. The zero-order valence-electron chi connectivity index (χ0n) is 15.8. The lowest BCUT2D eigenvalue weighted by atomic mass is 10.1. The molecule has 0 unspecified atom stereocenters. The molecule has 0 aliphatic rings. The Morgan fingerprint density at radius 2 is 2.21 bits per heavy atom. The van der Waals surface area contributed by atoms with Crippen LogP contribution < -0.4 is 5.32 Å². The van der Waals surface area contributed by atoms with E-state index >= 15 is 0 Å². The molecule has 0 saturated carbocycles. The van der Waals surface area contributed by atoms with Gasteiger partial charge in [-0.3, -0.25) is 9.78 Å². The van der Waals surface area contributed by atoms with E-state index in [1.54, 1.807) is 17.5 Å². The number of carbonyl (C=O) groups excluding carboxylic acids is 1. The van der Waals surface area contributed by atoms with Crippen LogP contribution in [0.1, 0.15) is 28.7 Å². The van der Waals surface area contributed by atoms with Crippen molar-refractivity contribution >= 4 is 39.1 Å². The van der Waals surface area contributed by atoms with Crippen molar-refractivity contribution < 1.29 is 9.53 Å². The van der Waals surface area contributed by atoms with Crippen molar-refractivity contribution in [2.24, 2.45) is 0 Å². The molecule has 0 atom stereocenters. The third-order valence-electron chi connectivity index (χ3n) is 4.68. The number of aromatic amines is 1. The monoisotopic (exact) mass is 397 g/mol. The van der Waals surface area contributed by atoms with Gasteiger partial charge in [-0.15, -0.1) is 11.3 Å². The van der Waals surface area contributed by atoms with Crippen molar-refractivity contribution in [3.05, 3.63) is 46.4 Å². The molecule has 1 aromatic carbocycles. The Bertz CT molecular complexity index is 1070. The van der Waals surface area contributed by atoms with Gasteiger partial charge < -0.3 is 10.1 Å². The van der Waals surface area contributed by atoms with Crippen LogP contribution in [-0.2, 0) is 17.7 Å². The summed E-state index contributed by atoms with van der Waals surface area (Å²) < 4.78 is 7.17. The van der Waals surface area contributed by atoms with Crippen LogP contribution in [0.15, 0.2) is 35.8 Å². The first-order valence-corrected chi connectivity index (χ1v) is 10.4. The summed E-state index contributed by atoms with van der Waals surface area (Å²) in [5.41, 5.74) is 2.24. The molecule has 0 saturated heterocycles. The second kappa shape index (κ2) is 8.53. The quantitative estimate of drug-likeness (QED) is 0.334. The smallest absolute Gasteiger partial charge is 0.357 e. The maximum Gasteiger partial charge on any atom is 0.357 e. The minimum atomic E-state index is -0.314. The van der Waals surface area contributed by atoms with E-state index in [2.05, 4.69) is 38.1 Å². The van der Waals surface area contributed by atoms with Crippen LogP contribution in [0.2, 0.25) is 0 Å². The minimum Gasteiger partial charge on any atom is -0.461 e. The zero-order chi connectivity index (χ0) is 19.3. The van der Waals surface area contributed by atoms with Crippen molar-refractivity contribution in [2.45, 2.75) is 26.3 Å². The number of benzene rings is 1. The van der Waals surface area contributed by atoms with E-state index in [0.29, 0.717) is 18.8 Å². The molecule has 4 aromatic rings. The average Bonchev–Trinajstić information content (AvgIpc) is 3.43. The number of aromatic nitrogens is 4. The van der Waals surface area contributed by atoms with Gasteiger partial charge in [0.2, 0.25) is 0 Å². The number of hydrogen-bond acceptors (Lipinski definition) is 6. The number of ether oxygens (including phenoxy) is 1. The van der Waals surface area contributed by atoms with Gasteiger partial charge in [-0.2, -0.15) is 10.2 Å². The fourth-order valence-corrected chi connectivity index (χ4v) is 4.08. The molecule has 3 heterocycles. The van der Waals surface area contributed by atoms with E-state index in [9.17, 15) is 4.79 Å². The molecule has 4 rings (SSSR count). The highest BCUT2D eigenvalue weighted by atomic mass is 32.1. The van der Waals surface area contributed by atoms with Crippen molar-refractivity contribution in [3.8, 4) is 0 Å². The molecule has 28 heavy (non-hydrogen) atoms.